The van der Waals surface area contributed by atoms with Gasteiger partial charge in [0.05, 0.1) is 0 Å². The van der Waals surface area contributed by atoms with Gasteiger partial charge in [-0.1, -0.05) is 29.4 Å². The fourth-order valence-electron chi connectivity index (χ4n) is 1.16. The molecule has 0 amide bonds. The van der Waals surface area contributed by atoms with Crippen LogP contribution in [0.5, 0.6) is 0 Å². The molecule has 0 unspecified atom stereocenters. The van der Waals surface area contributed by atoms with Crippen LogP contribution in [-0.2, 0) is 0 Å². The third kappa shape index (κ3) is 1.11. The van der Waals surface area contributed by atoms with Crippen LogP contribution in [0.25, 0.3) is 11.3 Å². The molecule has 0 aliphatic rings. The predicted octanol–water partition coefficient (Wildman–Crippen LogP) is 2.45. The summed E-state index contributed by atoms with van der Waals surface area (Å²) in [5.74, 6) is 0.771. The van der Waals surface area contributed by atoms with Crippen molar-refractivity contribution in [2.45, 2.75) is 6.92 Å². The van der Waals surface area contributed by atoms with Crippen LogP contribution in [0, 0.1) is 13.1 Å². The topological polar surface area (TPSA) is 26.0 Å². The summed E-state index contributed by atoms with van der Waals surface area (Å²) >= 11 is 0. The zero-order chi connectivity index (χ0) is 8.39. The van der Waals surface area contributed by atoms with E-state index in [1.165, 1.54) is 5.56 Å². The summed E-state index contributed by atoms with van der Waals surface area (Å²) in [6, 6.07) is 9.76. The maximum Gasteiger partial charge on any atom is 0.167 e. The van der Waals surface area contributed by atoms with Gasteiger partial charge in [0.2, 0.25) is 0 Å². The van der Waals surface area contributed by atoms with E-state index >= 15 is 0 Å². The lowest BCUT2D eigenvalue weighted by Gasteiger charge is -1.98. The molecule has 0 spiro atoms. The molecule has 0 fully saturated rings. The van der Waals surface area contributed by atoms with Crippen LogP contribution in [0.3, 0.4) is 0 Å². The van der Waals surface area contributed by atoms with Crippen molar-refractivity contribution in [2.75, 3.05) is 0 Å². The third-order valence-corrected chi connectivity index (χ3v) is 1.80. The van der Waals surface area contributed by atoms with Crippen molar-refractivity contribution in [3.05, 3.63) is 42.1 Å². The summed E-state index contributed by atoms with van der Waals surface area (Å²) in [7, 11) is 0. The van der Waals surface area contributed by atoms with E-state index in [4.69, 9.17) is 4.52 Å². The van der Waals surface area contributed by atoms with Crippen LogP contribution in [0.1, 0.15) is 5.56 Å². The van der Waals surface area contributed by atoms with Crippen molar-refractivity contribution in [1.82, 2.24) is 5.16 Å². The van der Waals surface area contributed by atoms with Gasteiger partial charge in [0.1, 0.15) is 6.20 Å². The van der Waals surface area contributed by atoms with E-state index in [9.17, 15) is 0 Å². The number of nitrogens with zero attached hydrogens (tertiary/aromatic N) is 1. The Morgan fingerprint density at radius 1 is 1.33 bits per heavy atom. The Morgan fingerprint density at radius 2 is 2.17 bits per heavy atom. The lowest BCUT2D eigenvalue weighted by atomic mass is 10.1. The molecule has 12 heavy (non-hydrogen) atoms. The highest BCUT2D eigenvalue weighted by Gasteiger charge is 2.03. The van der Waals surface area contributed by atoms with E-state index in [0.29, 0.717) is 0 Å². The van der Waals surface area contributed by atoms with Crippen molar-refractivity contribution in [1.29, 1.82) is 0 Å². The van der Waals surface area contributed by atoms with Crippen molar-refractivity contribution in [3.8, 4) is 11.3 Å². The number of hydrogen-bond acceptors (Lipinski definition) is 2. The van der Waals surface area contributed by atoms with E-state index in [0.717, 1.165) is 11.3 Å². The molecule has 1 radical (unpaired) electrons. The SMILES string of the molecule is Cc1ccccc1-c1c[c]no1. The molecule has 2 rings (SSSR count). The van der Waals surface area contributed by atoms with E-state index in [1.807, 2.05) is 31.2 Å². The van der Waals surface area contributed by atoms with Gasteiger partial charge in [-0.25, -0.2) is 0 Å². The van der Waals surface area contributed by atoms with Gasteiger partial charge in [0.25, 0.3) is 0 Å². The van der Waals surface area contributed by atoms with Gasteiger partial charge in [-0.05, 0) is 12.5 Å². The minimum atomic E-state index is 0.771. The van der Waals surface area contributed by atoms with Crippen molar-refractivity contribution < 1.29 is 4.52 Å². The van der Waals surface area contributed by atoms with Crippen molar-refractivity contribution >= 4 is 0 Å². The summed E-state index contributed by atoms with van der Waals surface area (Å²) < 4.78 is 4.99. The van der Waals surface area contributed by atoms with Gasteiger partial charge in [0.15, 0.2) is 5.76 Å². The molecular formula is C10H8NO. The van der Waals surface area contributed by atoms with Crippen LogP contribution in [0.15, 0.2) is 34.9 Å². The Balaban J connectivity index is 2.55. The summed E-state index contributed by atoms with van der Waals surface area (Å²) in [4.78, 5) is 0. The molecule has 1 heterocycles. The standard InChI is InChI=1S/C10H8NO/c1-8-4-2-3-5-9(8)10-6-7-11-12-10/h2-6H,1H3. The van der Waals surface area contributed by atoms with Crippen LogP contribution in [-0.4, -0.2) is 5.16 Å². The van der Waals surface area contributed by atoms with Crippen LogP contribution < -0.4 is 0 Å². The van der Waals surface area contributed by atoms with Crippen LogP contribution in [0.2, 0.25) is 0 Å². The average molecular weight is 158 g/mol. The normalized spacial score (nSPS) is 10.1. The molecule has 59 valence electrons. The minimum Gasteiger partial charge on any atom is -0.356 e. The van der Waals surface area contributed by atoms with Gasteiger partial charge >= 0.3 is 0 Å². The maximum absolute atomic E-state index is 4.99. The van der Waals surface area contributed by atoms with Crippen molar-refractivity contribution in [2.24, 2.45) is 0 Å². The third-order valence-electron chi connectivity index (χ3n) is 1.80. The molecule has 0 aliphatic carbocycles. The highest BCUT2D eigenvalue weighted by molar-refractivity contribution is 5.60. The second-order valence-electron chi connectivity index (χ2n) is 2.64. The summed E-state index contributed by atoms with van der Waals surface area (Å²) in [5, 5.41) is 3.54. The molecule has 0 N–H and O–H groups in total. The molecule has 2 heteroatoms. The Hall–Kier alpha value is -1.57. The van der Waals surface area contributed by atoms with Gasteiger partial charge < -0.3 is 4.52 Å². The van der Waals surface area contributed by atoms with E-state index < -0.39 is 0 Å². The minimum absolute atomic E-state index is 0.771. The van der Waals surface area contributed by atoms with Crippen LogP contribution in [0.4, 0.5) is 0 Å². The number of rotatable bonds is 1. The number of aromatic nitrogens is 1. The summed E-state index contributed by atoms with van der Waals surface area (Å²) in [5.41, 5.74) is 2.26. The lowest BCUT2D eigenvalue weighted by molar-refractivity contribution is 0.430. The molecule has 0 saturated heterocycles. The van der Waals surface area contributed by atoms with E-state index in [1.54, 1.807) is 6.07 Å². The predicted molar refractivity (Wildman–Crippen MR) is 45.5 cm³/mol. The fourth-order valence-corrected chi connectivity index (χ4v) is 1.16. The monoisotopic (exact) mass is 158 g/mol. The fraction of sp³-hybridized carbons (Fsp3) is 0.100. The van der Waals surface area contributed by atoms with Gasteiger partial charge in [-0.2, -0.15) is 0 Å². The zero-order valence-electron chi connectivity index (χ0n) is 6.74. The molecular weight excluding hydrogens is 150 g/mol. The molecule has 2 aromatic rings. The smallest absolute Gasteiger partial charge is 0.167 e. The molecule has 0 bridgehead atoms. The van der Waals surface area contributed by atoms with Gasteiger partial charge in [-0.15, -0.1) is 0 Å². The molecule has 0 saturated carbocycles. The Morgan fingerprint density at radius 3 is 2.83 bits per heavy atom. The molecule has 0 aliphatic heterocycles. The lowest BCUT2D eigenvalue weighted by Crippen LogP contribution is -1.78. The Labute approximate surface area is 70.8 Å². The van der Waals surface area contributed by atoms with E-state index in [2.05, 4.69) is 11.4 Å². The summed E-state index contributed by atoms with van der Waals surface area (Å²) in [6.45, 7) is 2.04. The zero-order valence-corrected chi connectivity index (χ0v) is 6.74. The first-order valence-electron chi connectivity index (χ1n) is 3.77. The Kier molecular flexibility index (Phi) is 1.67. The second kappa shape index (κ2) is 2.81. The maximum atomic E-state index is 4.99. The van der Waals surface area contributed by atoms with E-state index in [-0.39, 0.29) is 0 Å². The number of hydrogen-bond donors (Lipinski definition) is 0. The quantitative estimate of drug-likeness (QED) is 0.637. The first-order valence-corrected chi connectivity index (χ1v) is 3.77. The molecule has 0 atom stereocenters. The molecule has 1 aromatic heterocycles. The number of aryl methyl sites for hydroxylation is 1. The largest absolute Gasteiger partial charge is 0.356 e. The average Bonchev–Trinajstić information content (AvgIpc) is 2.57. The van der Waals surface area contributed by atoms with Gasteiger partial charge in [0, 0.05) is 11.6 Å². The van der Waals surface area contributed by atoms with Gasteiger partial charge in [-0.3, -0.25) is 0 Å². The second-order valence-corrected chi connectivity index (χ2v) is 2.64. The first kappa shape index (κ1) is 7.10. The molecule has 1 aromatic carbocycles. The highest BCUT2D eigenvalue weighted by Crippen LogP contribution is 2.21. The molecule has 2 nitrogen and oxygen atoms in total. The number of benzene rings is 1. The van der Waals surface area contributed by atoms with Crippen LogP contribution >= 0.6 is 0 Å². The van der Waals surface area contributed by atoms with Crippen molar-refractivity contribution in [3.63, 3.8) is 0 Å². The first-order chi connectivity index (χ1) is 5.88. The highest BCUT2D eigenvalue weighted by atomic mass is 16.5. The summed E-state index contributed by atoms with van der Waals surface area (Å²) in [6.07, 6.45) is 2.64. The Bertz CT molecular complexity index is 365.